The molecule has 6 aromatic carbocycles. The van der Waals surface area contributed by atoms with Crippen molar-refractivity contribution in [2.24, 2.45) is 14.1 Å². The van der Waals surface area contributed by atoms with Crippen LogP contribution in [0.2, 0.25) is 0 Å². The maximum Gasteiger partial charge on any atom is 0.328 e. The third kappa shape index (κ3) is 4.35. The lowest BCUT2D eigenvalue weighted by Gasteiger charge is -2.10. The largest absolute Gasteiger partial charge is 0.456 e. The number of aromatic nitrogens is 5. The van der Waals surface area contributed by atoms with Crippen molar-refractivity contribution in [3.8, 4) is 45.3 Å². The average molecular weight is 610 g/mol. The molecule has 224 valence electrons. The van der Waals surface area contributed by atoms with E-state index in [-0.39, 0.29) is 5.69 Å². The molecule has 0 spiro atoms. The molecule has 0 saturated heterocycles. The van der Waals surface area contributed by atoms with Crippen molar-refractivity contribution in [3.05, 3.63) is 138 Å². The monoisotopic (exact) mass is 609 g/mol. The Morgan fingerprint density at radius 3 is 1.98 bits per heavy atom. The van der Waals surface area contributed by atoms with Gasteiger partial charge in [0.25, 0.3) is 0 Å². The van der Waals surface area contributed by atoms with E-state index in [0.29, 0.717) is 17.5 Å². The van der Waals surface area contributed by atoms with E-state index in [1.54, 1.807) is 23.2 Å². The quantitative estimate of drug-likeness (QED) is 0.199. The molecule has 7 nitrogen and oxygen atoms in total. The summed E-state index contributed by atoms with van der Waals surface area (Å²) in [6.07, 6.45) is 0. The molecule has 47 heavy (non-hydrogen) atoms. The van der Waals surface area contributed by atoms with E-state index >= 15 is 0 Å². The lowest BCUT2D eigenvalue weighted by Crippen LogP contribution is -2.19. The van der Waals surface area contributed by atoms with Gasteiger partial charge in [0, 0.05) is 41.6 Å². The van der Waals surface area contributed by atoms with E-state index in [9.17, 15) is 4.79 Å². The van der Waals surface area contributed by atoms with Gasteiger partial charge in [-0.2, -0.15) is 0 Å². The van der Waals surface area contributed by atoms with Crippen molar-refractivity contribution < 1.29 is 4.42 Å². The van der Waals surface area contributed by atoms with Gasteiger partial charge < -0.3 is 4.42 Å². The van der Waals surface area contributed by atoms with E-state index in [2.05, 4.69) is 54.6 Å². The third-order valence-corrected chi connectivity index (χ3v) is 9.00. The van der Waals surface area contributed by atoms with Crippen LogP contribution in [0.15, 0.2) is 137 Å². The minimum atomic E-state index is -0.0503. The number of hydrogen-bond donors (Lipinski definition) is 0. The van der Waals surface area contributed by atoms with Crippen LogP contribution in [0.3, 0.4) is 0 Å². The van der Waals surface area contributed by atoms with Gasteiger partial charge >= 0.3 is 5.69 Å². The first kappa shape index (κ1) is 27.0. The molecule has 3 aromatic heterocycles. The zero-order chi connectivity index (χ0) is 31.6. The standard InChI is InChI=1S/C40H27N5O2/c1-44-32-19-18-28(22-33(32)45(2)40(44)46)25-14-8-15-29(20-25)38-41-37(24-10-4-3-5-11-24)42-39(43-38)30-16-9-17-34-36(30)31-21-26-12-6-7-13-27(26)23-35(31)47-34/h3-23H,1-2H3. The Hall–Kier alpha value is -6.34. The summed E-state index contributed by atoms with van der Waals surface area (Å²) in [6, 6.07) is 42.9. The number of nitrogens with zero attached hydrogens (tertiary/aromatic N) is 5. The molecule has 0 N–H and O–H groups in total. The van der Waals surface area contributed by atoms with Gasteiger partial charge in [0.15, 0.2) is 17.5 Å². The van der Waals surface area contributed by atoms with Gasteiger partial charge in [0.2, 0.25) is 0 Å². The lowest BCUT2D eigenvalue weighted by atomic mass is 10.0. The Labute approximate surface area is 269 Å². The highest BCUT2D eigenvalue weighted by Crippen LogP contribution is 2.38. The van der Waals surface area contributed by atoms with Crippen LogP contribution < -0.4 is 5.69 Å². The molecule has 0 aliphatic carbocycles. The maximum atomic E-state index is 12.6. The Bertz CT molecular complexity index is 2740. The molecule has 0 aliphatic rings. The summed E-state index contributed by atoms with van der Waals surface area (Å²) >= 11 is 0. The molecule has 3 heterocycles. The molecule has 0 unspecified atom stereocenters. The molecule has 0 fully saturated rings. The zero-order valence-electron chi connectivity index (χ0n) is 25.7. The summed E-state index contributed by atoms with van der Waals surface area (Å²) in [5.74, 6) is 1.73. The summed E-state index contributed by atoms with van der Waals surface area (Å²) in [6.45, 7) is 0. The van der Waals surface area contributed by atoms with Gasteiger partial charge in [0.05, 0.1) is 11.0 Å². The van der Waals surface area contributed by atoms with E-state index in [1.165, 1.54) is 0 Å². The fourth-order valence-electron chi connectivity index (χ4n) is 6.56. The lowest BCUT2D eigenvalue weighted by molar-refractivity contribution is 0.669. The van der Waals surface area contributed by atoms with E-state index in [4.69, 9.17) is 19.4 Å². The highest BCUT2D eigenvalue weighted by Gasteiger charge is 2.19. The number of imidazole rings is 1. The minimum absolute atomic E-state index is 0.0503. The summed E-state index contributed by atoms with van der Waals surface area (Å²) in [7, 11) is 3.59. The van der Waals surface area contributed by atoms with Crippen LogP contribution in [0.1, 0.15) is 0 Å². The second kappa shape index (κ2) is 10.4. The first-order chi connectivity index (χ1) is 23.0. The summed E-state index contributed by atoms with van der Waals surface area (Å²) in [5.41, 5.74) is 7.96. The molecular weight excluding hydrogens is 582 g/mol. The highest BCUT2D eigenvalue weighted by molar-refractivity contribution is 6.15. The van der Waals surface area contributed by atoms with Gasteiger partial charge in [-0.05, 0) is 58.3 Å². The van der Waals surface area contributed by atoms with Gasteiger partial charge in [-0.25, -0.2) is 19.7 Å². The van der Waals surface area contributed by atoms with Crippen LogP contribution in [0.5, 0.6) is 0 Å². The van der Waals surface area contributed by atoms with Crippen molar-refractivity contribution >= 4 is 43.7 Å². The molecule has 0 aliphatic heterocycles. The van der Waals surface area contributed by atoms with Crippen molar-refractivity contribution in [3.63, 3.8) is 0 Å². The number of hydrogen-bond acceptors (Lipinski definition) is 5. The number of aryl methyl sites for hydroxylation is 2. The molecular formula is C40H27N5O2. The Kier molecular flexibility index (Phi) is 5.95. The van der Waals surface area contributed by atoms with Crippen LogP contribution >= 0.6 is 0 Å². The third-order valence-electron chi connectivity index (χ3n) is 9.00. The molecule has 0 bridgehead atoms. The van der Waals surface area contributed by atoms with E-state index in [0.717, 1.165) is 71.6 Å². The SMILES string of the molecule is Cn1c(=O)n(C)c2cc(-c3cccc(-c4nc(-c5ccccc5)nc(-c5cccc6oc7cc8ccccc8cc7c56)n4)c3)ccc21. The molecule has 0 atom stereocenters. The van der Waals surface area contributed by atoms with Crippen molar-refractivity contribution in [1.82, 2.24) is 24.1 Å². The topological polar surface area (TPSA) is 78.7 Å². The van der Waals surface area contributed by atoms with Crippen LogP contribution in [-0.4, -0.2) is 24.1 Å². The highest BCUT2D eigenvalue weighted by atomic mass is 16.3. The molecule has 7 heteroatoms. The van der Waals surface area contributed by atoms with Crippen molar-refractivity contribution in [2.75, 3.05) is 0 Å². The van der Waals surface area contributed by atoms with Gasteiger partial charge in [-0.3, -0.25) is 9.13 Å². The molecule has 0 amide bonds. The second-order valence-electron chi connectivity index (χ2n) is 11.8. The predicted octanol–water partition coefficient (Wildman–Crippen LogP) is 8.78. The first-order valence-corrected chi connectivity index (χ1v) is 15.4. The van der Waals surface area contributed by atoms with Crippen molar-refractivity contribution in [2.45, 2.75) is 0 Å². The maximum absolute atomic E-state index is 12.6. The number of furan rings is 1. The zero-order valence-corrected chi connectivity index (χ0v) is 25.7. The summed E-state index contributed by atoms with van der Waals surface area (Å²) in [5, 5.41) is 4.26. The Balaban J connectivity index is 1.25. The first-order valence-electron chi connectivity index (χ1n) is 15.4. The Morgan fingerprint density at radius 1 is 0.511 bits per heavy atom. The molecule has 9 aromatic rings. The van der Waals surface area contributed by atoms with Crippen LogP contribution in [0, 0.1) is 0 Å². The average Bonchev–Trinajstić information content (AvgIpc) is 3.60. The van der Waals surface area contributed by atoms with Gasteiger partial charge in [0.1, 0.15) is 11.2 Å². The van der Waals surface area contributed by atoms with Crippen LogP contribution in [-0.2, 0) is 14.1 Å². The molecule has 0 saturated carbocycles. The van der Waals surface area contributed by atoms with E-state index in [1.807, 2.05) is 72.8 Å². The summed E-state index contributed by atoms with van der Waals surface area (Å²) in [4.78, 5) is 27.7. The van der Waals surface area contributed by atoms with E-state index < -0.39 is 0 Å². The molecule has 9 rings (SSSR count). The smallest absolute Gasteiger partial charge is 0.328 e. The minimum Gasteiger partial charge on any atom is -0.456 e. The van der Waals surface area contributed by atoms with Crippen LogP contribution in [0.4, 0.5) is 0 Å². The number of rotatable bonds is 4. The second-order valence-corrected chi connectivity index (χ2v) is 11.8. The predicted molar refractivity (Wildman–Crippen MR) is 188 cm³/mol. The van der Waals surface area contributed by atoms with Gasteiger partial charge in [-0.1, -0.05) is 91.0 Å². The number of fused-ring (bicyclic) bond motifs is 5. The summed E-state index contributed by atoms with van der Waals surface area (Å²) < 4.78 is 9.71. The fourth-order valence-corrected chi connectivity index (χ4v) is 6.56. The number of benzene rings is 6. The Morgan fingerprint density at radius 2 is 1.15 bits per heavy atom. The molecule has 0 radical (unpaired) electrons. The van der Waals surface area contributed by atoms with Gasteiger partial charge in [-0.15, -0.1) is 0 Å². The van der Waals surface area contributed by atoms with Crippen LogP contribution in [0.25, 0.3) is 89.0 Å². The fraction of sp³-hybridized carbons (Fsp3) is 0.0500. The van der Waals surface area contributed by atoms with Crippen molar-refractivity contribution in [1.29, 1.82) is 0 Å². The normalized spacial score (nSPS) is 11.7.